The maximum absolute atomic E-state index is 12.6. The average molecular weight is 408 g/mol. The predicted octanol–water partition coefficient (Wildman–Crippen LogP) is 4.20. The Labute approximate surface area is 177 Å². The van der Waals surface area contributed by atoms with Crippen LogP contribution in [0.4, 0.5) is 5.69 Å². The van der Waals surface area contributed by atoms with Crippen molar-refractivity contribution in [2.45, 2.75) is 45.1 Å². The van der Waals surface area contributed by atoms with E-state index in [4.69, 9.17) is 4.74 Å². The summed E-state index contributed by atoms with van der Waals surface area (Å²) in [5.41, 5.74) is 2.03. The van der Waals surface area contributed by atoms with Crippen molar-refractivity contribution in [3.63, 3.8) is 0 Å². The fourth-order valence-corrected chi connectivity index (χ4v) is 3.73. The third-order valence-corrected chi connectivity index (χ3v) is 5.52. The molecule has 2 aromatic carbocycles. The fraction of sp³-hybridized carbons (Fsp3) is 0.375. The summed E-state index contributed by atoms with van der Waals surface area (Å²) in [7, 11) is 1.77. The molecule has 2 amide bonds. The molecule has 1 fully saturated rings. The van der Waals surface area contributed by atoms with Gasteiger partial charge in [-0.25, -0.2) is 4.79 Å². The molecule has 0 heterocycles. The lowest BCUT2D eigenvalue weighted by Gasteiger charge is -2.31. The number of likely N-dealkylation sites (N-methyl/N-ethyl adjacent to an activating group) is 1. The van der Waals surface area contributed by atoms with E-state index in [2.05, 4.69) is 5.32 Å². The van der Waals surface area contributed by atoms with Crippen LogP contribution in [0, 0.1) is 6.92 Å². The monoisotopic (exact) mass is 408 g/mol. The Balaban J connectivity index is 1.62. The highest BCUT2D eigenvalue weighted by molar-refractivity contribution is 6.08. The molecule has 0 bridgehead atoms. The van der Waals surface area contributed by atoms with Crippen LogP contribution in [0.1, 0.15) is 58.4 Å². The summed E-state index contributed by atoms with van der Waals surface area (Å²) < 4.78 is 5.27. The molecule has 1 saturated carbocycles. The van der Waals surface area contributed by atoms with Gasteiger partial charge in [-0.05, 0) is 44.0 Å². The van der Waals surface area contributed by atoms with Crippen LogP contribution < -0.4 is 5.32 Å². The quantitative estimate of drug-likeness (QED) is 0.727. The van der Waals surface area contributed by atoms with Gasteiger partial charge in [0.1, 0.15) is 0 Å². The minimum absolute atomic E-state index is 0.212. The zero-order chi connectivity index (χ0) is 21.5. The summed E-state index contributed by atoms with van der Waals surface area (Å²) >= 11 is 0. The van der Waals surface area contributed by atoms with E-state index in [0.717, 1.165) is 31.2 Å². The first-order chi connectivity index (χ1) is 14.5. The second-order valence-corrected chi connectivity index (χ2v) is 7.74. The third-order valence-electron chi connectivity index (χ3n) is 5.52. The van der Waals surface area contributed by atoms with E-state index in [1.54, 1.807) is 54.4 Å². The zero-order valence-electron chi connectivity index (χ0n) is 17.5. The van der Waals surface area contributed by atoms with Gasteiger partial charge >= 0.3 is 5.97 Å². The molecule has 1 aliphatic rings. The number of benzene rings is 2. The summed E-state index contributed by atoms with van der Waals surface area (Å²) in [6, 6.07) is 14.0. The molecule has 1 N–H and O–H groups in total. The van der Waals surface area contributed by atoms with E-state index in [1.807, 2.05) is 13.0 Å². The second kappa shape index (κ2) is 10.1. The van der Waals surface area contributed by atoms with Gasteiger partial charge in [0.15, 0.2) is 6.61 Å². The van der Waals surface area contributed by atoms with Gasteiger partial charge in [-0.15, -0.1) is 0 Å². The molecule has 6 nitrogen and oxygen atoms in total. The van der Waals surface area contributed by atoms with Crippen LogP contribution in [-0.4, -0.2) is 42.4 Å². The van der Waals surface area contributed by atoms with Gasteiger partial charge in [0.25, 0.3) is 11.8 Å². The van der Waals surface area contributed by atoms with Crippen molar-refractivity contribution >= 4 is 23.5 Å². The predicted molar refractivity (Wildman–Crippen MR) is 115 cm³/mol. The SMILES string of the molecule is Cc1cccc(C(=O)Nc2ccccc2C(=O)OCC(=O)N(C)C2CCCCC2)c1. The summed E-state index contributed by atoms with van der Waals surface area (Å²) in [6.45, 7) is 1.59. The Morgan fingerprint density at radius 1 is 1.03 bits per heavy atom. The van der Waals surface area contributed by atoms with Gasteiger partial charge in [0.05, 0.1) is 11.3 Å². The van der Waals surface area contributed by atoms with Gasteiger partial charge < -0.3 is 15.0 Å². The van der Waals surface area contributed by atoms with E-state index >= 15 is 0 Å². The van der Waals surface area contributed by atoms with E-state index in [9.17, 15) is 14.4 Å². The van der Waals surface area contributed by atoms with Crippen LogP contribution >= 0.6 is 0 Å². The van der Waals surface area contributed by atoms with Crippen LogP contribution in [-0.2, 0) is 9.53 Å². The number of esters is 1. The molecule has 0 aromatic heterocycles. The maximum atomic E-state index is 12.6. The number of hydrogen-bond donors (Lipinski definition) is 1. The van der Waals surface area contributed by atoms with E-state index in [-0.39, 0.29) is 30.0 Å². The first kappa shape index (κ1) is 21.6. The summed E-state index contributed by atoms with van der Waals surface area (Å²) in [5.74, 6) is -1.16. The van der Waals surface area contributed by atoms with Crippen molar-refractivity contribution in [1.82, 2.24) is 4.90 Å². The van der Waals surface area contributed by atoms with Gasteiger partial charge in [0, 0.05) is 18.7 Å². The lowest BCUT2D eigenvalue weighted by molar-refractivity contribution is -0.135. The number of ether oxygens (including phenoxy) is 1. The minimum Gasteiger partial charge on any atom is -0.452 e. The first-order valence-electron chi connectivity index (χ1n) is 10.4. The van der Waals surface area contributed by atoms with Gasteiger partial charge in [0.2, 0.25) is 0 Å². The number of nitrogens with one attached hydrogen (secondary N) is 1. The number of aryl methyl sites for hydroxylation is 1. The van der Waals surface area contributed by atoms with E-state index < -0.39 is 5.97 Å². The van der Waals surface area contributed by atoms with E-state index in [1.165, 1.54) is 6.42 Å². The number of carbonyl (C=O) groups excluding carboxylic acids is 3. The number of hydrogen-bond acceptors (Lipinski definition) is 4. The molecule has 6 heteroatoms. The molecule has 0 radical (unpaired) electrons. The normalized spacial score (nSPS) is 14.1. The molecule has 0 spiro atoms. The third kappa shape index (κ3) is 5.47. The maximum Gasteiger partial charge on any atom is 0.340 e. The molecular weight excluding hydrogens is 380 g/mol. The highest BCUT2D eigenvalue weighted by atomic mass is 16.5. The number of amides is 2. The molecule has 1 aliphatic carbocycles. The Hall–Kier alpha value is -3.15. The molecule has 158 valence electrons. The number of anilines is 1. The second-order valence-electron chi connectivity index (χ2n) is 7.74. The molecule has 3 rings (SSSR count). The van der Waals surface area contributed by atoms with Crippen molar-refractivity contribution in [1.29, 1.82) is 0 Å². The Bertz CT molecular complexity index is 919. The summed E-state index contributed by atoms with van der Waals surface area (Å²) in [4.78, 5) is 39.3. The van der Waals surface area contributed by atoms with Crippen LogP contribution in [0.5, 0.6) is 0 Å². The van der Waals surface area contributed by atoms with Crippen molar-refractivity contribution in [3.8, 4) is 0 Å². The van der Waals surface area contributed by atoms with Crippen molar-refractivity contribution in [3.05, 3.63) is 65.2 Å². The fourth-order valence-electron chi connectivity index (χ4n) is 3.73. The van der Waals surface area contributed by atoms with Crippen LogP contribution in [0.25, 0.3) is 0 Å². The Morgan fingerprint density at radius 2 is 1.77 bits per heavy atom. The summed E-state index contributed by atoms with van der Waals surface area (Å²) in [6.07, 6.45) is 5.43. The lowest BCUT2D eigenvalue weighted by atomic mass is 9.94. The molecule has 0 saturated heterocycles. The number of carbonyl (C=O) groups is 3. The molecule has 0 unspecified atom stereocenters. The Kier molecular flexibility index (Phi) is 7.22. The largest absolute Gasteiger partial charge is 0.452 e. The van der Waals surface area contributed by atoms with Crippen LogP contribution in [0.15, 0.2) is 48.5 Å². The van der Waals surface area contributed by atoms with Gasteiger partial charge in [-0.3, -0.25) is 9.59 Å². The number of para-hydroxylation sites is 1. The lowest BCUT2D eigenvalue weighted by Crippen LogP contribution is -2.40. The minimum atomic E-state index is -0.638. The Morgan fingerprint density at radius 3 is 2.50 bits per heavy atom. The van der Waals surface area contributed by atoms with Crippen LogP contribution in [0.3, 0.4) is 0 Å². The van der Waals surface area contributed by atoms with E-state index in [0.29, 0.717) is 11.3 Å². The standard InChI is InChI=1S/C24H28N2O4/c1-17-9-8-10-18(15-17)23(28)25-21-14-7-6-13-20(21)24(29)30-16-22(27)26(2)19-11-4-3-5-12-19/h6-10,13-15,19H,3-5,11-12,16H2,1-2H3,(H,25,28). The zero-order valence-corrected chi connectivity index (χ0v) is 17.5. The topological polar surface area (TPSA) is 75.7 Å². The van der Waals surface area contributed by atoms with Gasteiger partial charge in [-0.1, -0.05) is 49.1 Å². The first-order valence-corrected chi connectivity index (χ1v) is 10.4. The highest BCUT2D eigenvalue weighted by Crippen LogP contribution is 2.22. The molecule has 2 aromatic rings. The molecule has 0 atom stereocenters. The highest BCUT2D eigenvalue weighted by Gasteiger charge is 2.23. The number of rotatable bonds is 6. The average Bonchev–Trinajstić information content (AvgIpc) is 2.77. The molecular formula is C24H28N2O4. The van der Waals surface area contributed by atoms with Crippen molar-refractivity contribution in [2.24, 2.45) is 0 Å². The van der Waals surface area contributed by atoms with Crippen LogP contribution in [0.2, 0.25) is 0 Å². The molecule has 30 heavy (non-hydrogen) atoms. The molecule has 0 aliphatic heterocycles. The van der Waals surface area contributed by atoms with Crippen molar-refractivity contribution in [2.75, 3.05) is 19.0 Å². The van der Waals surface area contributed by atoms with Crippen molar-refractivity contribution < 1.29 is 19.1 Å². The smallest absolute Gasteiger partial charge is 0.340 e. The number of nitrogens with zero attached hydrogens (tertiary/aromatic N) is 1. The summed E-state index contributed by atoms with van der Waals surface area (Å²) in [5, 5.41) is 2.76. The van der Waals surface area contributed by atoms with Gasteiger partial charge in [-0.2, -0.15) is 0 Å².